The molecule has 0 radical (unpaired) electrons. The topological polar surface area (TPSA) is 20.2 Å². The molecule has 0 amide bonds. The largest absolute Gasteiger partial charge is 0.393 e. The molecule has 0 aromatic rings. The highest BCUT2D eigenvalue weighted by Gasteiger charge is 2.30. The number of aliphatic hydroxyl groups is 1. The third-order valence-corrected chi connectivity index (χ3v) is 3.43. The smallest absolute Gasteiger partial charge is 0.0596 e. The number of aliphatic hydroxyl groups excluding tert-OH is 1. The average molecular weight is 184 g/mol. The molecule has 0 aliphatic heterocycles. The van der Waals surface area contributed by atoms with Gasteiger partial charge in [-0.15, -0.1) is 0 Å². The fourth-order valence-electron chi connectivity index (χ4n) is 2.39. The van der Waals surface area contributed by atoms with Crippen molar-refractivity contribution in [1.82, 2.24) is 0 Å². The second-order valence-corrected chi connectivity index (χ2v) is 4.52. The van der Waals surface area contributed by atoms with Crippen LogP contribution in [0.25, 0.3) is 0 Å². The molecule has 1 saturated carbocycles. The van der Waals surface area contributed by atoms with E-state index in [1.54, 1.807) is 0 Å². The highest BCUT2D eigenvalue weighted by Crippen LogP contribution is 2.35. The van der Waals surface area contributed by atoms with Crippen LogP contribution >= 0.6 is 0 Å². The van der Waals surface area contributed by atoms with Crippen LogP contribution in [0.15, 0.2) is 0 Å². The summed E-state index contributed by atoms with van der Waals surface area (Å²) in [7, 11) is 0. The monoisotopic (exact) mass is 184 g/mol. The predicted octanol–water partition coefficient (Wildman–Crippen LogP) is 3.36. The molecule has 78 valence electrons. The summed E-state index contributed by atoms with van der Waals surface area (Å²) in [5, 5.41) is 10.1. The van der Waals surface area contributed by atoms with E-state index in [4.69, 9.17) is 0 Å². The van der Waals surface area contributed by atoms with E-state index in [1.165, 1.54) is 44.9 Å². The quantitative estimate of drug-likeness (QED) is 0.671. The molecule has 1 nitrogen and oxygen atoms in total. The molecule has 1 aliphatic rings. The Hall–Kier alpha value is -0.0400. The lowest BCUT2D eigenvalue weighted by Gasteiger charge is -2.35. The molecule has 0 aromatic carbocycles. The Bertz CT molecular complexity index is 123. The zero-order valence-corrected chi connectivity index (χ0v) is 9.13. The third-order valence-electron chi connectivity index (χ3n) is 3.43. The van der Waals surface area contributed by atoms with E-state index >= 15 is 0 Å². The van der Waals surface area contributed by atoms with Gasteiger partial charge in [0, 0.05) is 0 Å². The predicted molar refractivity (Wildman–Crippen MR) is 56.7 cm³/mol. The van der Waals surface area contributed by atoms with Crippen LogP contribution in [-0.2, 0) is 0 Å². The Morgan fingerprint density at radius 1 is 1.15 bits per heavy atom. The van der Waals surface area contributed by atoms with Gasteiger partial charge in [-0.05, 0) is 37.5 Å². The maximum atomic E-state index is 10.1. The lowest BCUT2D eigenvalue weighted by atomic mass is 9.74. The highest BCUT2D eigenvalue weighted by atomic mass is 16.3. The van der Waals surface area contributed by atoms with E-state index in [1.807, 2.05) is 0 Å². The van der Waals surface area contributed by atoms with Gasteiger partial charge in [0.2, 0.25) is 0 Å². The van der Waals surface area contributed by atoms with Crippen molar-refractivity contribution in [2.45, 2.75) is 64.9 Å². The number of hydrogen-bond donors (Lipinski definition) is 1. The average Bonchev–Trinajstić information content (AvgIpc) is 2.01. The Morgan fingerprint density at radius 3 is 2.00 bits per heavy atom. The zero-order chi connectivity index (χ0) is 9.68. The van der Waals surface area contributed by atoms with Crippen molar-refractivity contribution in [3.05, 3.63) is 0 Å². The fourth-order valence-corrected chi connectivity index (χ4v) is 2.39. The SMILES string of the molecule is CCCC(CCC)C(O)C1CCC1. The van der Waals surface area contributed by atoms with Crippen molar-refractivity contribution in [1.29, 1.82) is 0 Å². The van der Waals surface area contributed by atoms with Crippen LogP contribution in [0.5, 0.6) is 0 Å². The van der Waals surface area contributed by atoms with Gasteiger partial charge in [-0.1, -0.05) is 33.1 Å². The molecule has 0 bridgehead atoms. The van der Waals surface area contributed by atoms with Crippen molar-refractivity contribution in [3.8, 4) is 0 Å². The second-order valence-electron chi connectivity index (χ2n) is 4.52. The number of rotatable bonds is 6. The van der Waals surface area contributed by atoms with Crippen LogP contribution in [0.2, 0.25) is 0 Å². The van der Waals surface area contributed by atoms with Crippen LogP contribution in [0.4, 0.5) is 0 Å². The van der Waals surface area contributed by atoms with Gasteiger partial charge in [-0.25, -0.2) is 0 Å². The molecule has 1 N–H and O–H groups in total. The number of hydrogen-bond acceptors (Lipinski definition) is 1. The molecule has 1 unspecified atom stereocenters. The molecular weight excluding hydrogens is 160 g/mol. The van der Waals surface area contributed by atoms with Crippen LogP contribution in [0.3, 0.4) is 0 Å². The van der Waals surface area contributed by atoms with Gasteiger partial charge in [0.15, 0.2) is 0 Å². The summed E-state index contributed by atoms with van der Waals surface area (Å²) in [6.45, 7) is 4.44. The Balaban J connectivity index is 2.32. The van der Waals surface area contributed by atoms with Crippen LogP contribution < -0.4 is 0 Å². The van der Waals surface area contributed by atoms with E-state index in [-0.39, 0.29) is 6.10 Å². The van der Waals surface area contributed by atoms with Gasteiger partial charge in [0.1, 0.15) is 0 Å². The summed E-state index contributed by atoms with van der Waals surface area (Å²) < 4.78 is 0. The van der Waals surface area contributed by atoms with Gasteiger partial charge in [0.05, 0.1) is 6.10 Å². The third kappa shape index (κ3) is 2.98. The lowest BCUT2D eigenvalue weighted by Crippen LogP contribution is -2.33. The summed E-state index contributed by atoms with van der Waals surface area (Å²) in [4.78, 5) is 0. The fraction of sp³-hybridized carbons (Fsp3) is 1.00. The maximum absolute atomic E-state index is 10.1. The summed E-state index contributed by atoms with van der Waals surface area (Å²) in [5.41, 5.74) is 0. The second kappa shape index (κ2) is 5.64. The van der Waals surface area contributed by atoms with Gasteiger partial charge in [-0.3, -0.25) is 0 Å². The minimum absolute atomic E-state index is 0.00801. The lowest BCUT2D eigenvalue weighted by molar-refractivity contribution is 0.00814. The summed E-state index contributed by atoms with van der Waals surface area (Å²) in [5.74, 6) is 1.23. The van der Waals surface area contributed by atoms with E-state index in [2.05, 4.69) is 13.8 Å². The first-order valence-electron chi connectivity index (χ1n) is 5.97. The summed E-state index contributed by atoms with van der Waals surface area (Å²) in [6.07, 6.45) is 8.75. The first-order valence-corrected chi connectivity index (χ1v) is 5.97. The summed E-state index contributed by atoms with van der Waals surface area (Å²) in [6, 6.07) is 0. The van der Waals surface area contributed by atoms with Crippen LogP contribution in [-0.4, -0.2) is 11.2 Å². The van der Waals surface area contributed by atoms with E-state index in [0.717, 1.165) is 0 Å². The van der Waals surface area contributed by atoms with Gasteiger partial charge in [-0.2, -0.15) is 0 Å². The van der Waals surface area contributed by atoms with Crippen LogP contribution in [0.1, 0.15) is 58.8 Å². The van der Waals surface area contributed by atoms with E-state index in [9.17, 15) is 5.11 Å². The first-order chi connectivity index (χ1) is 6.29. The summed E-state index contributed by atoms with van der Waals surface area (Å²) >= 11 is 0. The normalized spacial score (nSPS) is 20.3. The Labute approximate surface area is 82.5 Å². The standard InChI is InChI=1S/C12H24O/c1-3-6-10(7-4-2)12(13)11-8-5-9-11/h10-13H,3-9H2,1-2H3. The maximum Gasteiger partial charge on any atom is 0.0596 e. The van der Waals surface area contributed by atoms with Crippen molar-refractivity contribution in [2.75, 3.05) is 0 Å². The van der Waals surface area contributed by atoms with Crippen molar-refractivity contribution >= 4 is 0 Å². The molecule has 1 rings (SSSR count). The molecule has 1 atom stereocenters. The molecule has 0 saturated heterocycles. The Kier molecular flexibility index (Phi) is 4.79. The van der Waals surface area contributed by atoms with Crippen LogP contribution in [0, 0.1) is 11.8 Å². The first kappa shape index (κ1) is 11.0. The molecule has 0 aromatic heterocycles. The van der Waals surface area contributed by atoms with Gasteiger partial charge < -0.3 is 5.11 Å². The molecule has 1 fully saturated rings. The Morgan fingerprint density at radius 2 is 1.69 bits per heavy atom. The minimum atomic E-state index is 0.00801. The molecule has 13 heavy (non-hydrogen) atoms. The van der Waals surface area contributed by atoms with Crippen molar-refractivity contribution in [2.24, 2.45) is 11.8 Å². The van der Waals surface area contributed by atoms with Gasteiger partial charge in [0.25, 0.3) is 0 Å². The highest BCUT2D eigenvalue weighted by molar-refractivity contribution is 4.81. The molecule has 0 spiro atoms. The minimum Gasteiger partial charge on any atom is -0.393 e. The van der Waals surface area contributed by atoms with Crippen molar-refractivity contribution < 1.29 is 5.11 Å². The molecule has 0 heterocycles. The molecule has 1 heteroatoms. The van der Waals surface area contributed by atoms with Crippen molar-refractivity contribution in [3.63, 3.8) is 0 Å². The van der Waals surface area contributed by atoms with Gasteiger partial charge >= 0.3 is 0 Å². The molecule has 1 aliphatic carbocycles. The van der Waals surface area contributed by atoms with E-state index < -0.39 is 0 Å². The zero-order valence-electron chi connectivity index (χ0n) is 9.13. The van der Waals surface area contributed by atoms with E-state index in [0.29, 0.717) is 11.8 Å². The molecular formula is C12H24O.